The number of benzene rings is 1. The number of allylic oxidation sites excluding steroid dienone is 1. The Balaban J connectivity index is 2.17. The Morgan fingerprint density at radius 1 is 1.24 bits per heavy atom. The largest absolute Gasteiger partial charge is 0.462 e. The van der Waals surface area contributed by atoms with Crippen molar-refractivity contribution < 1.29 is 23.5 Å². The van der Waals surface area contributed by atoms with E-state index in [0.717, 1.165) is 0 Å². The summed E-state index contributed by atoms with van der Waals surface area (Å²) in [5.41, 5.74) is 0.631. The molecule has 6 nitrogen and oxygen atoms in total. The van der Waals surface area contributed by atoms with Crippen LogP contribution in [0.2, 0.25) is 0 Å². The summed E-state index contributed by atoms with van der Waals surface area (Å²) in [4.78, 5) is 35.5. The molecule has 1 aromatic carbocycles. The van der Waals surface area contributed by atoms with Crippen LogP contribution in [0.3, 0.4) is 0 Å². The molecule has 1 aliphatic rings. The molecule has 0 bridgehead atoms. The number of nitrogens with one attached hydrogen (secondary N) is 2. The van der Waals surface area contributed by atoms with E-state index in [2.05, 4.69) is 10.6 Å². The molecule has 1 aliphatic heterocycles. The molecule has 7 heteroatoms. The normalized spacial score (nSPS) is 23.4. The third-order valence-electron chi connectivity index (χ3n) is 3.74. The molecule has 2 atom stereocenters. The molecule has 0 radical (unpaired) electrons. The zero-order valence-corrected chi connectivity index (χ0v) is 14.0. The van der Waals surface area contributed by atoms with Gasteiger partial charge in [-0.1, -0.05) is 24.3 Å². The Kier molecular flexibility index (Phi) is 6.68. The molecule has 0 aliphatic carbocycles. The van der Waals surface area contributed by atoms with Gasteiger partial charge in [-0.25, -0.2) is 9.18 Å². The van der Waals surface area contributed by atoms with E-state index >= 15 is 0 Å². The Labute approximate surface area is 145 Å². The van der Waals surface area contributed by atoms with Gasteiger partial charge < -0.3 is 15.4 Å². The lowest BCUT2D eigenvalue weighted by Crippen LogP contribution is -2.42. The minimum Gasteiger partial charge on any atom is -0.462 e. The fourth-order valence-corrected chi connectivity index (χ4v) is 2.47. The van der Waals surface area contributed by atoms with E-state index in [4.69, 9.17) is 4.74 Å². The van der Waals surface area contributed by atoms with Crippen LogP contribution in [0.15, 0.2) is 36.4 Å². The van der Waals surface area contributed by atoms with Gasteiger partial charge in [0.1, 0.15) is 18.5 Å². The first kappa shape index (κ1) is 18.6. The van der Waals surface area contributed by atoms with Crippen LogP contribution in [0, 0.1) is 5.82 Å². The van der Waals surface area contributed by atoms with Crippen molar-refractivity contribution in [3.8, 4) is 0 Å². The van der Waals surface area contributed by atoms with E-state index in [1.54, 1.807) is 12.2 Å². The van der Waals surface area contributed by atoms with Crippen LogP contribution in [0.1, 0.15) is 37.8 Å². The van der Waals surface area contributed by atoms with Crippen molar-refractivity contribution in [2.75, 3.05) is 6.61 Å². The molecule has 0 aromatic heterocycles. The summed E-state index contributed by atoms with van der Waals surface area (Å²) in [6.07, 6.45) is 4.63. The quantitative estimate of drug-likeness (QED) is 0.630. The number of halogens is 1. The number of rotatable bonds is 2. The summed E-state index contributed by atoms with van der Waals surface area (Å²) in [7, 11) is 0. The zero-order chi connectivity index (χ0) is 18.2. The molecule has 134 valence electrons. The topological polar surface area (TPSA) is 84.5 Å². The maximum Gasteiger partial charge on any atom is 0.329 e. The van der Waals surface area contributed by atoms with Crippen LogP contribution in [0.25, 0.3) is 0 Å². The Morgan fingerprint density at radius 3 is 2.64 bits per heavy atom. The first-order valence-electron chi connectivity index (χ1n) is 8.09. The lowest BCUT2D eigenvalue weighted by atomic mass is 10.1. The second-order valence-corrected chi connectivity index (χ2v) is 5.80. The predicted octanol–water partition coefficient (Wildman–Crippen LogP) is 1.77. The van der Waals surface area contributed by atoms with Crippen molar-refractivity contribution in [3.63, 3.8) is 0 Å². The predicted molar refractivity (Wildman–Crippen MR) is 88.8 cm³/mol. The highest BCUT2D eigenvalue weighted by Crippen LogP contribution is 2.16. The van der Waals surface area contributed by atoms with Gasteiger partial charge in [-0.2, -0.15) is 0 Å². The monoisotopic (exact) mass is 348 g/mol. The number of hydrogen-bond acceptors (Lipinski definition) is 4. The third kappa shape index (κ3) is 6.02. The summed E-state index contributed by atoms with van der Waals surface area (Å²) in [6, 6.07) is 4.26. The lowest BCUT2D eigenvalue weighted by Gasteiger charge is -2.22. The maximum absolute atomic E-state index is 13.1. The van der Waals surface area contributed by atoms with E-state index in [0.29, 0.717) is 18.4 Å². The number of hydrogen-bond donors (Lipinski definition) is 2. The van der Waals surface area contributed by atoms with Gasteiger partial charge in [-0.05, 0) is 30.5 Å². The Hall–Kier alpha value is -2.70. The van der Waals surface area contributed by atoms with Gasteiger partial charge in [0.2, 0.25) is 11.8 Å². The average molecular weight is 348 g/mol. The van der Waals surface area contributed by atoms with Crippen LogP contribution in [-0.4, -0.2) is 30.4 Å². The number of carbonyl (C=O) groups is 3. The van der Waals surface area contributed by atoms with Gasteiger partial charge in [0.05, 0.1) is 6.04 Å². The summed E-state index contributed by atoms with van der Waals surface area (Å²) in [5, 5.41) is 5.34. The number of cyclic esters (lactones) is 1. The summed E-state index contributed by atoms with van der Waals surface area (Å²) in [5.74, 6) is -1.49. The van der Waals surface area contributed by atoms with Gasteiger partial charge in [-0.15, -0.1) is 0 Å². The fraction of sp³-hybridized carbons (Fsp3) is 0.389. The second kappa shape index (κ2) is 8.96. The molecular formula is C18H21FN2O4. The highest BCUT2D eigenvalue weighted by Gasteiger charge is 2.23. The van der Waals surface area contributed by atoms with Crippen molar-refractivity contribution in [2.24, 2.45) is 0 Å². The first-order valence-corrected chi connectivity index (χ1v) is 8.09. The van der Waals surface area contributed by atoms with E-state index in [-0.39, 0.29) is 24.8 Å². The van der Waals surface area contributed by atoms with E-state index in [1.165, 1.54) is 31.2 Å². The SMILES string of the molecule is CC(=O)N[C@@H]1C/C=C/CCC(=O)N[C@H](c2ccc(F)cc2)COC1=O. The highest BCUT2D eigenvalue weighted by atomic mass is 19.1. The van der Waals surface area contributed by atoms with Crippen molar-refractivity contribution in [1.82, 2.24) is 10.6 Å². The number of carbonyl (C=O) groups excluding carboxylic acids is 3. The van der Waals surface area contributed by atoms with E-state index in [9.17, 15) is 18.8 Å². The molecule has 1 heterocycles. The molecule has 0 saturated heterocycles. The molecule has 0 fully saturated rings. The Morgan fingerprint density at radius 2 is 1.96 bits per heavy atom. The van der Waals surface area contributed by atoms with Crippen LogP contribution < -0.4 is 10.6 Å². The molecule has 2 N–H and O–H groups in total. The average Bonchev–Trinajstić information content (AvgIpc) is 2.56. The summed E-state index contributed by atoms with van der Waals surface area (Å²) >= 11 is 0. The summed E-state index contributed by atoms with van der Waals surface area (Å²) < 4.78 is 18.4. The zero-order valence-electron chi connectivity index (χ0n) is 14.0. The van der Waals surface area contributed by atoms with E-state index in [1.807, 2.05) is 0 Å². The fourth-order valence-electron chi connectivity index (χ4n) is 2.47. The van der Waals surface area contributed by atoms with Gasteiger partial charge in [0, 0.05) is 13.3 Å². The van der Waals surface area contributed by atoms with Gasteiger partial charge >= 0.3 is 5.97 Å². The van der Waals surface area contributed by atoms with Crippen LogP contribution in [0.4, 0.5) is 4.39 Å². The molecule has 2 amide bonds. The molecule has 0 unspecified atom stereocenters. The maximum atomic E-state index is 13.1. The van der Waals surface area contributed by atoms with E-state index < -0.39 is 23.9 Å². The van der Waals surface area contributed by atoms with Crippen LogP contribution in [0.5, 0.6) is 0 Å². The first-order chi connectivity index (χ1) is 12.0. The molecule has 0 saturated carbocycles. The van der Waals surface area contributed by atoms with Gasteiger partial charge in [0.15, 0.2) is 0 Å². The summed E-state index contributed by atoms with van der Waals surface area (Å²) in [6.45, 7) is 1.23. The van der Waals surface area contributed by atoms with Crippen LogP contribution >= 0.6 is 0 Å². The number of amides is 2. The molecule has 0 spiro atoms. The molecular weight excluding hydrogens is 327 g/mol. The van der Waals surface area contributed by atoms with Crippen molar-refractivity contribution in [3.05, 3.63) is 47.8 Å². The smallest absolute Gasteiger partial charge is 0.329 e. The van der Waals surface area contributed by atoms with Crippen LogP contribution in [-0.2, 0) is 19.1 Å². The minimum absolute atomic E-state index is 0.101. The molecule has 25 heavy (non-hydrogen) atoms. The molecule has 1 aromatic rings. The van der Waals surface area contributed by atoms with Gasteiger partial charge in [0.25, 0.3) is 0 Å². The number of esters is 1. The minimum atomic E-state index is -0.780. The third-order valence-corrected chi connectivity index (χ3v) is 3.74. The van der Waals surface area contributed by atoms with Crippen molar-refractivity contribution in [1.29, 1.82) is 0 Å². The van der Waals surface area contributed by atoms with Crippen molar-refractivity contribution in [2.45, 2.75) is 38.3 Å². The van der Waals surface area contributed by atoms with Gasteiger partial charge in [-0.3, -0.25) is 9.59 Å². The lowest BCUT2D eigenvalue weighted by molar-refractivity contribution is -0.148. The van der Waals surface area contributed by atoms with Crippen molar-refractivity contribution >= 4 is 17.8 Å². The second-order valence-electron chi connectivity index (χ2n) is 5.80. The molecule has 2 rings (SSSR count). The highest BCUT2D eigenvalue weighted by molar-refractivity contribution is 5.83. The Bertz CT molecular complexity index is 658. The standard InChI is InChI=1S/C18H21FN2O4/c1-12(22)20-15-5-3-2-4-6-17(23)21-16(11-25-18(15)24)13-7-9-14(19)10-8-13/h2-3,7-10,15-16H,4-6,11H2,1H3,(H,20,22)(H,21,23)/b3-2+/t15-,16+/m1/s1. The number of ether oxygens (including phenoxy) is 1.